The van der Waals surface area contributed by atoms with Gasteiger partial charge in [-0.2, -0.15) is 0 Å². The van der Waals surface area contributed by atoms with Crippen molar-refractivity contribution in [3.05, 3.63) is 29.3 Å². The fraction of sp³-hybridized carbons (Fsp3) is 0.538. The molecule has 0 spiro atoms. The summed E-state index contributed by atoms with van der Waals surface area (Å²) in [6.45, 7) is 6.88. The molecule has 1 heteroatoms. The first-order chi connectivity index (χ1) is 6.09. The number of hydrogen-bond donors (Lipinski definition) is 0. The zero-order valence-electron chi connectivity index (χ0n) is 8.55. The van der Waals surface area contributed by atoms with E-state index in [9.17, 15) is 0 Å². The lowest BCUT2D eigenvalue weighted by atomic mass is 9.81. The molecule has 0 saturated heterocycles. The average molecular weight is 208 g/mol. The Morgan fingerprint density at radius 2 is 2.00 bits per heavy atom. The van der Waals surface area contributed by atoms with Crippen LogP contribution in [0.1, 0.15) is 38.8 Å². The number of aryl methyl sites for hydroxylation is 1. The Balaban J connectivity index is 0.000000980. The molecule has 0 aromatic heterocycles. The number of fused-ring (bicyclic) bond motifs is 1. The van der Waals surface area contributed by atoms with E-state index in [1.165, 1.54) is 22.6 Å². The molecule has 0 saturated carbocycles. The summed E-state index contributed by atoms with van der Waals surface area (Å²) in [5.74, 6) is 1.27. The van der Waals surface area contributed by atoms with E-state index < -0.39 is 0 Å². The first kappa shape index (κ1) is 11.6. The van der Waals surface area contributed by atoms with E-state index in [1.807, 2.05) is 11.8 Å². The fourth-order valence-corrected chi connectivity index (χ4v) is 3.34. The van der Waals surface area contributed by atoms with Crippen molar-refractivity contribution < 1.29 is 0 Å². The van der Waals surface area contributed by atoms with Gasteiger partial charge >= 0.3 is 0 Å². The molecule has 14 heavy (non-hydrogen) atoms. The number of benzene rings is 1. The van der Waals surface area contributed by atoms with Crippen molar-refractivity contribution in [2.24, 2.45) is 0 Å². The summed E-state index contributed by atoms with van der Waals surface area (Å²) in [5, 5.41) is 0. The second-order valence-corrected chi connectivity index (χ2v) is 5.62. The molecule has 1 aromatic rings. The molecule has 0 atom stereocenters. The number of thioether (sulfide) groups is 1. The summed E-state index contributed by atoms with van der Waals surface area (Å²) < 4.78 is 0. The normalized spacial score (nSPS) is 18.2. The molecule has 0 bridgehead atoms. The Morgan fingerprint density at radius 1 is 1.29 bits per heavy atom. The third-order valence-corrected chi connectivity index (χ3v) is 3.92. The van der Waals surface area contributed by atoms with Crippen LogP contribution in [0.2, 0.25) is 0 Å². The number of rotatable bonds is 0. The van der Waals surface area contributed by atoms with Gasteiger partial charge in [-0.05, 0) is 36.1 Å². The summed E-state index contributed by atoms with van der Waals surface area (Å²) >= 11 is 2.00. The van der Waals surface area contributed by atoms with Crippen molar-refractivity contribution in [3.63, 3.8) is 0 Å². The molecule has 78 valence electrons. The molecule has 1 aliphatic heterocycles. The Labute approximate surface area is 92.1 Å². The second kappa shape index (κ2) is 3.98. The van der Waals surface area contributed by atoms with Crippen LogP contribution >= 0.6 is 11.8 Å². The standard InChI is InChI=1S/C12H16S.CH4/c1-9-4-5-11-10(8-9)12(2,3)6-7-13-11;/h4-5,8H,6-7H2,1-3H3;1H4. The van der Waals surface area contributed by atoms with Crippen LogP contribution in [0.25, 0.3) is 0 Å². The lowest BCUT2D eigenvalue weighted by molar-refractivity contribution is 0.493. The molecular formula is C13H20S. The van der Waals surface area contributed by atoms with Crippen molar-refractivity contribution in [2.75, 3.05) is 5.75 Å². The molecule has 1 heterocycles. The predicted octanol–water partition coefficient (Wildman–Crippen LogP) is 4.40. The summed E-state index contributed by atoms with van der Waals surface area (Å²) in [7, 11) is 0. The highest BCUT2D eigenvalue weighted by atomic mass is 32.2. The molecule has 0 aliphatic carbocycles. The van der Waals surface area contributed by atoms with Gasteiger partial charge < -0.3 is 0 Å². The molecule has 0 radical (unpaired) electrons. The van der Waals surface area contributed by atoms with Gasteiger partial charge in [0.25, 0.3) is 0 Å². The van der Waals surface area contributed by atoms with E-state index >= 15 is 0 Å². The van der Waals surface area contributed by atoms with Crippen LogP contribution in [0.3, 0.4) is 0 Å². The Hall–Kier alpha value is -0.430. The predicted molar refractivity (Wildman–Crippen MR) is 66.3 cm³/mol. The zero-order chi connectivity index (χ0) is 9.47. The monoisotopic (exact) mass is 208 g/mol. The van der Waals surface area contributed by atoms with Crippen LogP contribution in [0, 0.1) is 6.92 Å². The van der Waals surface area contributed by atoms with Gasteiger partial charge in [0.15, 0.2) is 0 Å². The van der Waals surface area contributed by atoms with Gasteiger partial charge in [0.05, 0.1) is 0 Å². The second-order valence-electron chi connectivity index (χ2n) is 4.48. The van der Waals surface area contributed by atoms with Gasteiger partial charge in [-0.25, -0.2) is 0 Å². The smallest absolute Gasteiger partial charge is 0.0110 e. The van der Waals surface area contributed by atoms with E-state index in [4.69, 9.17) is 0 Å². The minimum atomic E-state index is 0. The largest absolute Gasteiger partial charge is 0.126 e. The average Bonchev–Trinajstić information content (AvgIpc) is 2.06. The maximum absolute atomic E-state index is 2.35. The van der Waals surface area contributed by atoms with Crippen LogP contribution in [0.15, 0.2) is 23.1 Å². The van der Waals surface area contributed by atoms with Crippen molar-refractivity contribution in [1.29, 1.82) is 0 Å². The topological polar surface area (TPSA) is 0 Å². The summed E-state index contributed by atoms with van der Waals surface area (Å²) in [5.41, 5.74) is 3.31. The van der Waals surface area contributed by atoms with Gasteiger partial charge in [0.2, 0.25) is 0 Å². The van der Waals surface area contributed by atoms with Gasteiger partial charge in [-0.3, -0.25) is 0 Å². The molecule has 0 amide bonds. The maximum atomic E-state index is 2.35. The minimum Gasteiger partial charge on any atom is -0.126 e. The molecule has 1 aromatic carbocycles. The van der Waals surface area contributed by atoms with Gasteiger partial charge in [0, 0.05) is 4.90 Å². The Morgan fingerprint density at radius 3 is 2.71 bits per heavy atom. The first-order valence-corrected chi connectivity index (χ1v) is 5.82. The number of hydrogen-bond acceptors (Lipinski definition) is 1. The lowest BCUT2D eigenvalue weighted by Gasteiger charge is -2.32. The SMILES string of the molecule is C.Cc1ccc2c(c1)C(C)(C)CCS2. The summed E-state index contributed by atoms with van der Waals surface area (Å²) in [6, 6.07) is 6.84. The van der Waals surface area contributed by atoms with Crippen LogP contribution in [-0.2, 0) is 5.41 Å². The molecular weight excluding hydrogens is 188 g/mol. The molecule has 0 N–H and O–H groups in total. The minimum absolute atomic E-state index is 0. The molecule has 0 fully saturated rings. The zero-order valence-corrected chi connectivity index (χ0v) is 9.37. The van der Waals surface area contributed by atoms with Crippen LogP contribution in [0.4, 0.5) is 0 Å². The van der Waals surface area contributed by atoms with E-state index in [1.54, 1.807) is 5.56 Å². The van der Waals surface area contributed by atoms with E-state index in [2.05, 4.69) is 39.0 Å². The quantitative estimate of drug-likeness (QED) is 0.609. The Bertz CT molecular complexity index is 326. The van der Waals surface area contributed by atoms with Crippen LogP contribution in [0.5, 0.6) is 0 Å². The van der Waals surface area contributed by atoms with Crippen LogP contribution < -0.4 is 0 Å². The van der Waals surface area contributed by atoms with Crippen molar-refractivity contribution in [3.8, 4) is 0 Å². The van der Waals surface area contributed by atoms with E-state index in [-0.39, 0.29) is 7.43 Å². The molecule has 2 rings (SSSR count). The fourth-order valence-electron chi connectivity index (χ4n) is 1.85. The third kappa shape index (κ3) is 1.98. The van der Waals surface area contributed by atoms with Gasteiger partial charge in [-0.15, -0.1) is 11.8 Å². The van der Waals surface area contributed by atoms with Gasteiger partial charge in [0.1, 0.15) is 0 Å². The summed E-state index contributed by atoms with van der Waals surface area (Å²) in [6.07, 6.45) is 1.30. The third-order valence-electron chi connectivity index (χ3n) is 2.85. The van der Waals surface area contributed by atoms with Gasteiger partial charge in [-0.1, -0.05) is 39.0 Å². The van der Waals surface area contributed by atoms with E-state index in [0.717, 1.165) is 0 Å². The maximum Gasteiger partial charge on any atom is 0.0110 e. The molecule has 1 aliphatic rings. The van der Waals surface area contributed by atoms with Crippen molar-refractivity contribution in [1.82, 2.24) is 0 Å². The van der Waals surface area contributed by atoms with Crippen molar-refractivity contribution in [2.45, 2.75) is 44.9 Å². The highest BCUT2D eigenvalue weighted by Crippen LogP contribution is 2.41. The summed E-state index contributed by atoms with van der Waals surface area (Å²) in [4.78, 5) is 1.49. The highest BCUT2D eigenvalue weighted by Gasteiger charge is 2.27. The lowest BCUT2D eigenvalue weighted by Crippen LogP contribution is -2.22. The van der Waals surface area contributed by atoms with Crippen LogP contribution in [-0.4, -0.2) is 5.75 Å². The molecule has 0 nitrogen and oxygen atoms in total. The van der Waals surface area contributed by atoms with Crippen molar-refractivity contribution >= 4 is 11.8 Å². The van der Waals surface area contributed by atoms with E-state index in [0.29, 0.717) is 5.41 Å². The Kier molecular flexibility index (Phi) is 3.31. The first-order valence-electron chi connectivity index (χ1n) is 4.83. The molecule has 0 unspecified atom stereocenters. The highest BCUT2D eigenvalue weighted by molar-refractivity contribution is 7.99.